The molecule has 4 heteroatoms. The maximum Gasteiger partial charge on any atom is 0.126 e. The van der Waals surface area contributed by atoms with Gasteiger partial charge in [-0.05, 0) is 48.8 Å². The van der Waals surface area contributed by atoms with Gasteiger partial charge in [0, 0.05) is 12.1 Å². The summed E-state index contributed by atoms with van der Waals surface area (Å²) in [5.41, 5.74) is 3.47. The van der Waals surface area contributed by atoms with Crippen LogP contribution in [0.2, 0.25) is 0 Å². The maximum atomic E-state index is 13.1. The number of hydrazine groups is 1. The molecular formula is C14H20F2N2. The fraction of sp³-hybridized carbons (Fsp3) is 0.571. The Bertz CT molecular complexity index is 389. The second-order valence-corrected chi connectivity index (χ2v) is 5.43. The van der Waals surface area contributed by atoms with Gasteiger partial charge in [0.2, 0.25) is 0 Å². The van der Waals surface area contributed by atoms with E-state index in [2.05, 4.69) is 12.3 Å². The van der Waals surface area contributed by atoms with Gasteiger partial charge in [-0.2, -0.15) is 0 Å². The van der Waals surface area contributed by atoms with Crippen molar-refractivity contribution in [3.63, 3.8) is 0 Å². The predicted molar refractivity (Wildman–Crippen MR) is 67.7 cm³/mol. The summed E-state index contributed by atoms with van der Waals surface area (Å²) < 4.78 is 26.3. The highest BCUT2D eigenvalue weighted by molar-refractivity contribution is 5.19. The molecule has 0 aromatic heterocycles. The van der Waals surface area contributed by atoms with Crippen LogP contribution in [0.15, 0.2) is 18.2 Å². The highest BCUT2D eigenvalue weighted by Crippen LogP contribution is 2.33. The second-order valence-electron chi connectivity index (χ2n) is 5.43. The lowest BCUT2D eigenvalue weighted by atomic mass is 9.92. The van der Waals surface area contributed by atoms with Crippen LogP contribution >= 0.6 is 0 Å². The van der Waals surface area contributed by atoms with Crippen LogP contribution in [0.25, 0.3) is 0 Å². The Kier molecular flexibility index (Phi) is 4.30. The van der Waals surface area contributed by atoms with Crippen molar-refractivity contribution in [2.24, 2.45) is 17.7 Å². The molecule has 0 saturated heterocycles. The third-order valence-corrected chi connectivity index (χ3v) is 3.90. The normalized spacial score (nSPS) is 25.3. The molecule has 3 atom stereocenters. The Labute approximate surface area is 107 Å². The summed E-state index contributed by atoms with van der Waals surface area (Å²) in [5.74, 6) is 5.74. The highest BCUT2D eigenvalue weighted by atomic mass is 19.1. The second kappa shape index (κ2) is 5.76. The van der Waals surface area contributed by atoms with E-state index in [1.165, 1.54) is 18.6 Å². The monoisotopic (exact) mass is 254 g/mol. The van der Waals surface area contributed by atoms with E-state index in [-0.39, 0.29) is 6.04 Å². The van der Waals surface area contributed by atoms with Gasteiger partial charge in [0.1, 0.15) is 11.6 Å². The number of benzene rings is 1. The third kappa shape index (κ3) is 3.27. The van der Waals surface area contributed by atoms with Crippen molar-refractivity contribution in [2.45, 2.75) is 38.6 Å². The topological polar surface area (TPSA) is 38.0 Å². The first-order valence-electron chi connectivity index (χ1n) is 6.49. The minimum absolute atomic E-state index is 0.0937. The molecule has 1 aliphatic rings. The molecular weight excluding hydrogens is 234 g/mol. The molecule has 2 nitrogen and oxygen atoms in total. The zero-order valence-corrected chi connectivity index (χ0v) is 10.6. The van der Waals surface area contributed by atoms with E-state index < -0.39 is 11.6 Å². The van der Waals surface area contributed by atoms with Crippen molar-refractivity contribution < 1.29 is 8.78 Å². The third-order valence-electron chi connectivity index (χ3n) is 3.90. The molecule has 1 aromatic rings. The van der Waals surface area contributed by atoms with Crippen LogP contribution in [0.4, 0.5) is 8.78 Å². The quantitative estimate of drug-likeness (QED) is 0.640. The predicted octanol–water partition coefficient (Wildman–Crippen LogP) is 2.78. The molecule has 1 aliphatic carbocycles. The van der Waals surface area contributed by atoms with E-state index in [0.29, 0.717) is 17.9 Å². The van der Waals surface area contributed by atoms with Gasteiger partial charge in [0.25, 0.3) is 0 Å². The number of halogens is 2. The highest BCUT2D eigenvalue weighted by Gasteiger charge is 2.28. The average molecular weight is 254 g/mol. The first-order chi connectivity index (χ1) is 8.58. The molecule has 3 unspecified atom stereocenters. The lowest BCUT2D eigenvalue weighted by Gasteiger charge is -2.23. The molecule has 1 fully saturated rings. The number of rotatable bonds is 4. The van der Waals surface area contributed by atoms with Crippen LogP contribution in [0.1, 0.15) is 31.7 Å². The summed E-state index contributed by atoms with van der Waals surface area (Å²) in [6.45, 7) is 2.23. The molecule has 0 bridgehead atoms. The van der Waals surface area contributed by atoms with Crippen molar-refractivity contribution >= 4 is 0 Å². The van der Waals surface area contributed by atoms with Crippen LogP contribution < -0.4 is 11.3 Å². The number of hydrogen-bond acceptors (Lipinski definition) is 2. The molecule has 1 aromatic carbocycles. The van der Waals surface area contributed by atoms with Crippen molar-refractivity contribution in [3.8, 4) is 0 Å². The van der Waals surface area contributed by atoms with E-state index in [0.717, 1.165) is 24.8 Å². The minimum Gasteiger partial charge on any atom is -0.271 e. The van der Waals surface area contributed by atoms with E-state index in [1.807, 2.05) is 0 Å². The molecule has 0 spiro atoms. The van der Waals surface area contributed by atoms with Crippen LogP contribution in [0, 0.1) is 23.5 Å². The molecule has 0 heterocycles. The molecule has 0 aliphatic heterocycles. The Morgan fingerprint density at radius 2 is 1.94 bits per heavy atom. The lowest BCUT2D eigenvalue weighted by molar-refractivity contribution is 0.352. The molecule has 0 amide bonds. The summed E-state index contributed by atoms with van der Waals surface area (Å²) in [6, 6.07) is 3.75. The smallest absolute Gasteiger partial charge is 0.126 e. The van der Waals surface area contributed by atoms with Gasteiger partial charge in [-0.15, -0.1) is 0 Å². The van der Waals surface area contributed by atoms with Gasteiger partial charge in [-0.3, -0.25) is 11.3 Å². The van der Waals surface area contributed by atoms with Crippen molar-refractivity contribution in [1.29, 1.82) is 0 Å². The van der Waals surface area contributed by atoms with Crippen molar-refractivity contribution in [1.82, 2.24) is 5.43 Å². The maximum absolute atomic E-state index is 13.1. The summed E-state index contributed by atoms with van der Waals surface area (Å²) in [7, 11) is 0. The molecule has 100 valence electrons. The SMILES string of the molecule is CC1CCC(C(Cc2cc(F)cc(F)c2)NN)C1. The standard InChI is InChI=1S/C14H20F2N2/c1-9-2-3-11(4-9)14(18-17)7-10-5-12(15)8-13(16)6-10/h5-6,8-9,11,14,18H,2-4,7,17H2,1H3. The van der Waals surface area contributed by atoms with Crippen molar-refractivity contribution in [2.75, 3.05) is 0 Å². The van der Waals surface area contributed by atoms with E-state index in [1.54, 1.807) is 0 Å². The number of nitrogens with one attached hydrogen (secondary N) is 1. The fourth-order valence-electron chi connectivity index (χ4n) is 2.96. The zero-order valence-electron chi connectivity index (χ0n) is 10.6. The van der Waals surface area contributed by atoms with Crippen molar-refractivity contribution in [3.05, 3.63) is 35.4 Å². The molecule has 2 rings (SSSR count). The Balaban J connectivity index is 2.05. The van der Waals surface area contributed by atoms with Gasteiger partial charge in [-0.25, -0.2) is 8.78 Å². The molecule has 1 saturated carbocycles. The molecule has 3 N–H and O–H groups in total. The zero-order chi connectivity index (χ0) is 13.1. The van der Waals surface area contributed by atoms with Gasteiger partial charge in [0.05, 0.1) is 0 Å². The minimum atomic E-state index is -0.527. The van der Waals surface area contributed by atoms with Crippen LogP contribution in [-0.4, -0.2) is 6.04 Å². The largest absolute Gasteiger partial charge is 0.271 e. The Hall–Kier alpha value is -1.00. The Morgan fingerprint density at radius 1 is 1.28 bits per heavy atom. The summed E-state index contributed by atoms with van der Waals surface area (Å²) in [6.07, 6.45) is 4.05. The van der Waals surface area contributed by atoms with Crippen LogP contribution in [0.3, 0.4) is 0 Å². The van der Waals surface area contributed by atoms with E-state index >= 15 is 0 Å². The summed E-state index contributed by atoms with van der Waals surface area (Å²) in [5, 5.41) is 0. The summed E-state index contributed by atoms with van der Waals surface area (Å²) in [4.78, 5) is 0. The van der Waals surface area contributed by atoms with E-state index in [4.69, 9.17) is 5.84 Å². The van der Waals surface area contributed by atoms with E-state index in [9.17, 15) is 8.78 Å². The summed E-state index contributed by atoms with van der Waals surface area (Å²) >= 11 is 0. The lowest BCUT2D eigenvalue weighted by Crippen LogP contribution is -2.41. The van der Waals surface area contributed by atoms with Crippen LogP contribution in [0.5, 0.6) is 0 Å². The first kappa shape index (κ1) is 13.4. The Morgan fingerprint density at radius 3 is 2.44 bits per heavy atom. The average Bonchev–Trinajstić information content (AvgIpc) is 2.71. The van der Waals surface area contributed by atoms with Gasteiger partial charge in [0.15, 0.2) is 0 Å². The van der Waals surface area contributed by atoms with Gasteiger partial charge >= 0.3 is 0 Å². The van der Waals surface area contributed by atoms with Crippen LogP contribution in [-0.2, 0) is 6.42 Å². The first-order valence-corrected chi connectivity index (χ1v) is 6.49. The van der Waals surface area contributed by atoms with Gasteiger partial charge < -0.3 is 0 Å². The molecule has 18 heavy (non-hydrogen) atoms. The van der Waals surface area contributed by atoms with Gasteiger partial charge in [-0.1, -0.05) is 13.3 Å². The number of nitrogens with two attached hydrogens (primary N) is 1. The molecule has 0 radical (unpaired) electrons. The number of hydrogen-bond donors (Lipinski definition) is 2. The fourth-order valence-corrected chi connectivity index (χ4v) is 2.96.